The molecule has 2 rings (SSSR count). The molecule has 5 heteroatoms. The number of halogens is 4. The Balaban J connectivity index is 2.14. The third kappa shape index (κ3) is 3.00. The molecule has 0 radical (unpaired) electrons. The van der Waals surface area contributed by atoms with E-state index >= 15 is 0 Å². The molecule has 0 unspecified atom stereocenters. The molecule has 2 aromatic rings. The fourth-order valence-corrected chi connectivity index (χ4v) is 2.02. The van der Waals surface area contributed by atoms with E-state index in [2.05, 4.69) is 15.9 Å². The van der Waals surface area contributed by atoms with Crippen LogP contribution in [0.25, 0.3) is 0 Å². The second kappa shape index (κ2) is 5.67. The first-order valence-corrected chi connectivity index (χ1v) is 6.26. The molecule has 0 heterocycles. The number of rotatable bonds is 3. The van der Waals surface area contributed by atoms with Crippen LogP contribution in [0.1, 0.15) is 5.56 Å². The van der Waals surface area contributed by atoms with Gasteiger partial charge in [0.05, 0.1) is 5.02 Å². The fraction of sp³-hybridized carbons (Fsp3) is 0.0769. The minimum absolute atomic E-state index is 0.00525. The van der Waals surface area contributed by atoms with E-state index in [-0.39, 0.29) is 23.2 Å². The van der Waals surface area contributed by atoms with E-state index < -0.39 is 5.82 Å². The molecule has 0 saturated heterocycles. The van der Waals surface area contributed by atoms with Crippen LogP contribution in [0.4, 0.5) is 8.78 Å². The molecule has 0 aliphatic rings. The summed E-state index contributed by atoms with van der Waals surface area (Å²) in [5.74, 6) is -0.879. The predicted octanol–water partition coefficient (Wildman–Crippen LogP) is 4.96. The predicted molar refractivity (Wildman–Crippen MR) is 69.8 cm³/mol. The number of benzene rings is 2. The molecule has 0 fully saturated rings. The molecule has 1 nitrogen and oxygen atoms in total. The first-order valence-electron chi connectivity index (χ1n) is 5.08. The topological polar surface area (TPSA) is 9.23 Å². The van der Waals surface area contributed by atoms with Gasteiger partial charge in [-0.2, -0.15) is 0 Å². The highest BCUT2D eigenvalue weighted by molar-refractivity contribution is 9.10. The van der Waals surface area contributed by atoms with Crippen molar-refractivity contribution in [1.82, 2.24) is 0 Å². The maximum Gasteiger partial charge on any atom is 0.183 e. The van der Waals surface area contributed by atoms with Crippen molar-refractivity contribution in [2.24, 2.45) is 0 Å². The molecule has 0 N–H and O–H groups in total. The molecule has 94 valence electrons. The third-order valence-electron chi connectivity index (χ3n) is 2.31. The van der Waals surface area contributed by atoms with E-state index in [0.717, 1.165) is 5.56 Å². The largest absolute Gasteiger partial charge is 0.486 e. The van der Waals surface area contributed by atoms with Crippen molar-refractivity contribution in [1.29, 1.82) is 0 Å². The summed E-state index contributed by atoms with van der Waals surface area (Å²) >= 11 is 8.85. The molecular weight excluding hydrogens is 325 g/mol. The second-order valence-corrected chi connectivity index (χ2v) is 4.84. The van der Waals surface area contributed by atoms with Gasteiger partial charge in [0.15, 0.2) is 11.6 Å². The van der Waals surface area contributed by atoms with Gasteiger partial charge in [-0.3, -0.25) is 0 Å². The van der Waals surface area contributed by atoms with Gasteiger partial charge in [-0.15, -0.1) is 0 Å². The van der Waals surface area contributed by atoms with Crippen LogP contribution in [0.15, 0.2) is 40.9 Å². The Labute approximate surface area is 116 Å². The molecule has 0 atom stereocenters. The van der Waals surface area contributed by atoms with Crippen molar-refractivity contribution < 1.29 is 13.5 Å². The number of hydrogen-bond donors (Lipinski definition) is 0. The third-order valence-corrected chi connectivity index (χ3v) is 3.34. The maximum absolute atomic E-state index is 13.5. The molecule has 0 spiro atoms. The van der Waals surface area contributed by atoms with Crippen LogP contribution in [-0.2, 0) is 6.61 Å². The highest BCUT2D eigenvalue weighted by atomic mass is 79.9. The van der Waals surface area contributed by atoms with Gasteiger partial charge in [0.25, 0.3) is 0 Å². The molecule has 0 aliphatic heterocycles. The van der Waals surface area contributed by atoms with Gasteiger partial charge in [-0.1, -0.05) is 39.7 Å². The smallest absolute Gasteiger partial charge is 0.183 e. The normalized spacial score (nSPS) is 10.4. The van der Waals surface area contributed by atoms with E-state index in [4.69, 9.17) is 16.3 Å². The summed E-state index contributed by atoms with van der Waals surface area (Å²) in [4.78, 5) is 0. The minimum atomic E-state index is -0.600. The highest BCUT2D eigenvalue weighted by Gasteiger charge is 2.08. The summed E-state index contributed by atoms with van der Waals surface area (Å²) in [5.41, 5.74) is 0.718. The Morgan fingerprint density at radius 2 is 1.94 bits per heavy atom. The van der Waals surface area contributed by atoms with Gasteiger partial charge in [0, 0.05) is 10.0 Å². The monoisotopic (exact) mass is 332 g/mol. The summed E-state index contributed by atoms with van der Waals surface area (Å²) in [6.45, 7) is 0.123. The van der Waals surface area contributed by atoms with Crippen molar-refractivity contribution in [2.45, 2.75) is 6.61 Å². The van der Waals surface area contributed by atoms with E-state index in [9.17, 15) is 8.78 Å². The number of hydrogen-bond acceptors (Lipinski definition) is 1. The van der Waals surface area contributed by atoms with Crippen LogP contribution in [0, 0.1) is 11.6 Å². The Morgan fingerprint density at radius 1 is 1.17 bits per heavy atom. The Kier molecular flexibility index (Phi) is 4.19. The lowest BCUT2D eigenvalue weighted by molar-refractivity contribution is 0.289. The quantitative estimate of drug-likeness (QED) is 0.771. The van der Waals surface area contributed by atoms with Crippen LogP contribution >= 0.6 is 27.5 Å². The van der Waals surface area contributed by atoms with Gasteiger partial charge in [-0.25, -0.2) is 8.78 Å². The average molecular weight is 334 g/mol. The zero-order valence-electron chi connectivity index (χ0n) is 9.09. The maximum atomic E-state index is 13.5. The van der Waals surface area contributed by atoms with Crippen LogP contribution in [0.5, 0.6) is 5.75 Å². The van der Waals surface area contributed by atoms with Gasteiger partial charge in [-0.05, 0) is 24.3 Å². The molecule has 2 aromatic carbocycles. The zero-order chi connectivity index (χ0) is 13.1. The fourth-order valence-electron chi connectivity index (χ4n) is 1.39. The summed E-state index contributed by atoms with van der Waals surface area (Å²) in [7, 11) is 0. The van der Waals surface area contributed by atoms with Crippen LogP contribution < -0.4 is 4.74 Å². The van der Waals surface area contributed by atoms with Gasteiger partial charge in [0.2, 0.25) is 0 Å². The lowest BCUT2D eigenvalue weighted by atomic mass is 10.2. The summed E-state index contributed by atoms with van der Waals surface area (Å²) in [5, 5.41) is 0.00525. The van der Waals surface area contributed by atoms with Gasteiger partial charge >= 0.3 is 0 Å². The average Bonchev–Trinajstić information content (AvgIpc) is 2.33. The van der Waals surface area contributed by atoms with Crippen molar-refractivity contribution in [3.05, 3.63) is 63.1 Å². The first kappa shape index (κ1) is 13.3. The molecule has 0 amide bonds. The Bertz CT molecular complexity index is 575. The molecule has 0 aromatic heterocycles. The first-order chi connectivity index (χ1) is 8.58. The van der Waals surface area contributed by atoms with Crippen molar-refractivity contribution >= 4 is 27.5 Å². The van der Waals surface area contributed by atoms with Crippen molar-refractivity contribution in [2.75, 3.05) is 0 Å². The van der Waals surface area contributed by atoms with E-state index in [1.807, 2.05) is 0 Å². The number of ether oxygens (including phenoxy) is 1. The Hall–Kier alpha value is -1.13. The summed E-state index contributed by atoms with van der Waals surface area (Å²) in [6, 6.07) is 8.74. The molecule has 0 bridgehead atoms. The van der Waals surface area contributed by atoms with Crippen molar-refractivity contribution in [3.8, 4) is 5.75 Å². The second-order valence-electron chi connectivity index (χ2n) is 3.58. The molecule has 0 aliphatic carbocycles. The van der Waals surface area contributed by atoms with Gasteiger partial charge in [0.1, 0.15) is 12.4 Å². The van der Waals surface area contributed by atoms with E-state index in [1.54, 1.807) is 12.1 Å². The lowest BCUT2D eigenvalue weighted by Crippen LogP contribution is -1.99. The van der Waals surface area contributed by atoms with Crippen LogP contribution in [-0.4, -0.2) is 0 Å². The lowest BCUT2D eigenvalue weighted by Gasteiger charge is -2.09. The SMILES string of the molecule is Fc1ccc(COc2cccc(Cl)c2F)c(Br)c1. The molecule has 18 heavy (non-hydrogen) atoms. The summed E-state index contributed by atoms with van der Waals surface area (Å²) in [6.07, 6.45) is 0. The molecule has 0 saturated carbocycles. The van der Waals surface area contributed by atoms with Crippen molar-refractivity contribution in [3.63, 3.8) is 0 Å². The van der Waals surface area contributed by atoms with Crippen LogP contribution in [0.2, 0.25) is 5.02 Å². The van der Waals surface area contributed by atoms with E-state index in [0.29, 0.717) is 4.47 Å². The Morgan fingerprint density at radius 3 is 2.67 bits per heavy atom. The standard InChI is InChI=1S/C13H8BrClF2O/c14-10-6-9(16)5-4-8(10)7-18-12-3-1-2-11(15)13(12)17/h1-6H,7H2. The van der Waals surface area contributed by atoms with Crippen LogP contribution in [0.3, 0.4) is 0 Å². The minimum Gasteiger partial charge on any atom is -0.486 e. The summed E-state index contributed by atoms with van der Waals surface area (Å²) < 4.78 is 32.3. The van der Waals surface area contributed by atoms with E-state index in [1.165, 1.54) is 24.3 Å². The van der Waals surface area contributed by atoms with Gasteiger partial charge < -0.3 is 4.74 Å². The highest BCUT2D eigenvalue weighted by Crippen LogP contribution is 2.26. The molecular formula is C13H8BrClF2O. The zero-order valence-corrected chi connectivity index (χ0v) is 11.4.